The van der Waals surface area contributed by atoms with E-state index in [1.54, 1.807) is 11.0 Å². The monoisotopic (exact) mass is 416 g/mol. The van der Waals surface area contributed by atoms with Crippen molar-refractivity contribution in [2.24, 2.45) is 5.92 Å². The highest BCUT2D eigenvalue weighted by Crippen LogP contribution is 2.29. The number of carbonyl (C=O) groups excluding carboxylic acids is 3. The van der Waals surface area contributed by atoms with Gasteiger partial charge in [0.05, 0.1) is 12.0 Å². The number of carbonyl (C=O) groups is 3. The molecule has 2 amide bonds. The number of nitrogens with one attached hydrogen (secondary N) is 1. The molecule has 4 rings (SSSR count). The van der Waals surface area contributed by atoms with E-state index in [0.29, 0.717) is 12.2 Å². The van der Waals surface area contributed by atoms with E-state index >= 15 is 0 Å². The predicted molar refractivity (Wildman–Crippen MR) is 118 cm³/mol. The zero-order valence-electron chi connectivity index (χ0n) is 17.3. The summed E-state index contributed by atoms with van der Waals surface area (Å²) in [6.07, 6.45) is 0.0982. The van der Waals surface area contributed by atoms with Crippen LogP contribution in [0.25, 0.3) is 10.8 Å². The summed E-state index contributed by atoms with van der Waals surface area (Å²) in [6.45, 7) is 1.85. The molecule has 6 nitrogen and oxygen atoms in total. The van der Waals surface area contributed by atoms with Crippen molar-refractivity contribution >= 4 is 34.2 Å². The summed E-state index contributed by atoms with van der Waals surface area (Å²) >= 11 is 0. The maximum absolute atomic E-state index is 12.5. The zero-order valence-corrected chi connectivity index (χ0v) is 17.3. The van der Waals surface area contributed by atoms with Crippen molar-refractivity contribution in [1.29, 1.82) is 0 Å². The van der Waals surface area contributed by atoms with Crippen LogP contribution in [0, 0.1) is 5.92 Å². The largest absolute Gasteiger partial charge is 0.455 e. The lowest BCUT2D eigenvalue weighted by atomic mass is 10.1. The molecule has 0 spiro atoms. The van der Waals surface area contributed by atoms with Gasteiger partial charge in [0.25, 0.3) is 5.91 Å². The molecular formula is C25H24N2O4. The molecule has 0 bridgehead atoms. The van der Waals surface area contributed by atoms with Gasteiger partial charge in [-0.15, -0.1) is 0 Å². The molecule has 0 aromatic heterocycles. The molecule has 158 valence electrons. The van der Waals surface area contributed by atoms with Gasteiger partial charge in [0.15, 0.2) is 6.61 Å². The Morgan fingerprint density at radius 1 is 1.03 bits per heavy atom. The number of ether oxygens (including phenoxy) is 1. The Labute approximate surface area is 180 Å². The van der Waals surface area contributed by atoms with Crippen LogP contribution in [-0.2, 0) is 19.1 Å². The number of benzene rings is 3. The predicted octanol–water partition coefficient (Wildman–Crippen LogP) is 3.93. The summed E-state index contributed by atoms with van der Waals surface area (Å²) in [5, 5.41) is 4.72. The summed E-state index contributed by atoms with van der Waals surface area (Å²) in [5.74, 6) is -1.59. The molecule has 0 radical (unpaired) electrons. The molecule has 1 aliphatic heterocycles. The van der Waals surface area contributed by atoms with Crippen molar-refractivity contribution < 1.29 is 19.1 Å². The highest BCUT2D eigenvalue weighted by atomic mass is 16.5. The molecule has 3 aromatic rings. The second-order valence-electron chi connectivity index (χ2n) is 7.72. The van der Waals surface area contributed by atoms with Crippen molar-refractivity contribution in [3.8, 4) is 0 Å². The molecule has 1 fully saturated rings. The Balaban J connectivity index is 1.32. The Bertz CT molecular complexity index is 1110. The van der Waals surface area contributed by atoms with E-state index in [1.165, 1.54) is 0 Å². The maximum atomic E-state index is 12.5. The first-order valence-electron chi connectivity index (χ1n) is 10.3. The van der Waals surface area contributed by atoms with Crippen molar-refractivity contribution in [1.82, 2.24) is 4.90 Å². The fraction of sp³-hybridized carbons (Fsp3) is 0.240. The van der Waals surface area contributed by atoms with Crippen LogP contribution in [0.15, 0.2) is 72.8 Å². The molecule has 6 heteroatoms. The van der Waals surface area contributed by atoms with Crippen LogP contribution < -0.4 is 5.32 Å². The number of likely N-dealkylation sites (tertiary alicyclic amines) is 1. The second-order valence-corrected chi connectivity index (χ2v) is 7.72. The number of esters is 1. The Kier molecular flexibility index (Phi) is 5.98. The summed E-state index contributed by atoms with van der Waals surface area (Å²) in [5.41, 5.74) is 1.68. The Hall–Kier alpha value is -3.67. The van der Waals surface area contributed by atoms with Crippen LogP contribution in [0.2, 0.25) is 0 Å². The van der Waals surface area contributed by atoms with Gasteiger partial charge in [-0.05, 0) is 23.9 Å². The third kappa shape index (κ3) is 4.58. The molecule has 0 aliphatic carbocycles. The lowest BCUT2D eigenvalue weighted by Crippen LogP contribution is -2.30. The summed E-state index contributed by atoms with van der Waals surface area (Å²) in [4.78, 5) is 39.0. The zero-order chi connectivity index (χ0) is 21.8. The fourth-order valence-corrected chi connectivity index (χ4v) is 3.95. The minimum atomic E-state index is -0.566. The molecule has 1 N–H and O–H groups in total. The van der Waals surface area contributed by atoms with E-state index in [0.717, 1.165) is 16.3 Å². The quantitative estimate of drug-likeness (QED) is 0.618. The van der Waals surface area contributed by atoms with Crippen molar-refractivity contribution in [2.45, 2.75) is 19.4 Å². The summed E-state index contributed by atoms with van der Waals surface area (Å²) in [7, 11) is 0. The topological polar surface area (TPSA) is 75.7 Å². The van der Waals surface area contributed by atoms with E-state index in [9.17, 15) is 14.4 Å². The van der Waals surface area contributed by atoms with Gasteiger partial charge in [0, 0.05) is 24.0 Å². The van der Waals surface area contributed by atoms with Crippen LogP contribution in [0.4, 0.5) is 5.69 Å². The summed E-state index contributed by atoms with van der Waals surface area (Å²) < 4.78 is 5.22. The fourth-order valence-electron chi connectivity index (χ4n) is 3.95. The maximum Gasteiger partial charge on any atom is 0.311 e. The third-order valence-electron chi connectivity index (χ3n) is 5.65. The lowest BCUT2D eigenvalue weighted by molar-refractivity contribution is -0.151. The van der Waals surface area contributed by atoms with E-state index in [2.05, 4.69) is 5.32 Å². The minimum Gasteiger partial charge on any atom is -0.455 e. The average Bonchev–Trinajstić information content (AvgIpc) is 3.19. The standard InChI is InChI=1S/C25H24N2O4/c1-17(18-8-3-2-4-9-18)27-15-20(14-24(27)29)25(30)31-16-23(28)26-22-13-7-11-19-10-5-6-12-21(19)22/h2-13,17,20H,14-16H2,1H3,(H,26,28)/t17-,20+/m1/s1. The Morgan fingerprint density at radius 2 is 1.74 bits per heavy atom. The van der Waals surface area contributed by atoms with Crippen LogP contribution in [-0.4, -0.2) is 35.8 Å². The molecule has 3 aromatic carbocycles. The summed E-state index contributed by atoms with van der Waals surface area (Å²) in [6, 6.07) is 22.9. The number of hydrogen-bond donors (Lipinski definition) is 1. The van der Waals surface area contributed by atoms with Crippen molar-refractivity contribution in [3.63, 3.8) is 0 Å². The van der Waals surface area contributed by atoms with Gasteiger partial charge in [0.2, 0.25) is 5.91 Å². The van der Waals surface area contributed by atoms with Crippen LogP contribution in [0.1, 0.15) is 24.9 Å². The lowest BCUT2D eigenvalue weighted by Gasteiger charge is -2.25. The van der Waals surface area contributed by atoms with E-state index in [4.69, 9.17) is 4.74 Å². The number of anilines is 1. The van der Waals surface area contributed by atoms with Crippen molar-refractivity contribution in [3.05, 3.63) is 78.4 Å². The number of hydrogen-bond acceptors (Lipinski definition) is 4. The van der Waals surface area contributed by atoms with Gasteiger partial charge in [-0.25, -0.2) is 0 Å². The molecule has 2 atom stereocenters. The third-order valence-corrected chi connectivity index (χ3v) is 5.65. The molecule has 0 unspecified atom stereocenters. The van der Waals surface area contributed by atoms with Crippen LogP contribution in [0.3, 0.4) is 0 Å². The number of nitrogens with zero attached hydrogens (tertiary/aromatic N) is 1. The van der Waals surface area contributed by atoms with E-state index < -0.39 is 17.8 Å². The molecule has 0 saturated carbocycles. The van der Waals surface area contributed by atoms with Gasteiger partial charge in [-0.2, -0.15) is 0 Å². The number of fused-ring (bicyclic) bond motifs is 1. The molecular weight excluding hydrogens is 392 g/mol. The van der Waals surface area contributed by atoms with Crippen LogP contribution in [0.5, 0.6) is 0 Å². The van der Waals surface area contributed by atoms with Gasteiger partial charge in [0.1, 0.15) is 0 Å². The number of amides is 2. The first kappa shape index (κ1) is 20.6. The molecule has 1 heterocycles. The molecule has 31 heavy (non-hydrogen) atoms. The minimum absolute atomic E-state index is 0.0847. The van der Waals surface area contributed by atoms with Gasteiger partial charge < -0.3 is 15.0 Å². The first-order valence-corrected chi connectivity index (χ1v) is 10.3. The first-order chi connectivity index (χ1) is 15.0. The molecule has 1 saturated heterocycles. The van der Waals surface area contributed by atoms with Gasteiger partial charge in [-0.3, -0.25) is 14.4 Å². The smallest absolute Gasteiger partial charge is 0.311 e. The van der Waals surface area contributed by atoms with Crippen molar-refractivity contribution in [2.75, 3.05) is 18.5 Å². The van der Waals surface area contributed by atoms with E-state index in [1.807, 2.05) is 73.7 Å². The second kappa shape index (κ2) is 9.00. The highest BCUT2D eigenvalue weighted by molar-refractivity contribution is 6.02. The van der Waals surface area contributed by atoms with Crippen LogP contribution >= 0.6 is 0 Å². The highest BCUT2D eigenvalue weighted by Gasteiger charge is 2.38. The molecule has 1 aliphatic rings. The van der Waals surface area contributed by atoms with Gasteiger partial charge in [-0.1, -0.05) is 66.7 Å². The average molecular weight is 416 g/mol. The Morgan fingerprint density at radius 3 is 2.55 bits per heavy atom. The normalized spacial score (nSPS) is 16.9. The van der Waals surface area contributed by atoms with Gasteiger partial charge >= 0.3 is 5.97 Å². The van der Waals surface area contributed by atoms with E-state index in [-0.39, 0.29) is 25.0 Å². The SMILES string of the molecule is C[C@H](c1ccccc1)N1C[C@@H](C(=O)OCC(=O)Nc2cccc3ccccc23)CC1=O. The number of rotatable bonds is 6.